The van der Waals surface area contributed by atoms with Crippen LogP contribution in [-0.4, -0.2) is 48.0 Å². The molecule has 0 aromatic heterocycles. The van der Waals surface area contributed by atoms with E-state index in [4.69, 9.17) is 9.84 Å². The Hall–Kier alpha value is -1.10. The molecule has 4 heteroatoms. The number of hydrogen-bond donors (Lipinski definition) is 2. The maximum atomic E-state index is 9.43. The number of ether oxygens (including phenoxy) is 1. The highest BCUT2D eigenvalue weighted by Gasteiger charge is 2.18. The summed E-state index contributed by atoms with van der Waals surface area (Å²) in [5.41, 5.74) is 2.60. The molecule has 0 fully saturated rings. The minimum Gasteiger partial charge on any atom is -0.497 e. The van der Waals surface area contributed by atoms with Gasteiger partial charge in [-0.3, -0.25) is 4.90 Å². The fourth-order valence-electron chi connectivity index (χ4n) is 2.23. The Morgan fingerprint density at radius 2 is 2.24 bits per heavy atom. The van der Waals surface area contributed by atoms with E-state index in [1.54, 1.807) is 7.11 Å². The van der Waals surface area contributed by atoms with Gasteiger partial charge in [0.2, 0.25) is 0 Å². The maximum Gasteiger partial charge on any atom is 0.119 e. The van der Waals surface area contributed by atoms with Crippen LogP contribution in [-0.2, 0) is 13.0 Å². The zero-order valence-corrected chi connectivity index (χ0v) is 10.1. The van der Waals surface area contributed by atoms with Crippen LogP contribution in [0.3, 0.4) is 0 Å². The number of nitrogens with zero attached hydrogens (tertiary/aromatic N) is 1. The molecule has 1 heterocycles. The van der Waals surface area contributed by atoms with E-state index in [0.717, 1.165) is 25.3 Å². The Kier molecular flexibility index (Phi) is 3.99. The second-order valence-corrected chi connectivity index (χ2v) is 4.46. The summed E-state index contributed by atoms with van der Waals surface area (Å²) in [6.45, 7) is 2.10. The molecule has 1 aliphatic rings. The zero-order valence-electron chi connectivity index (χ0n) is 10.1. The molecule has 1 aromatic carbocycles. The van der Waals surface area contributed by atoms with Gasteiger partial charge in [-0.1, -0.05) is 6.07 Å². The third-order valence-electron chi connectivity index (χ3n) is 3.18. The summed E-state index contributed by atoms with van der Waals surface area (Å²) in [7, 11) is 1.68. The number of fused-ring (bicyclic) bond motifs is 1. The third kappa shape index (κ3) is 2.97. The molecule has 1 atom stereocenters. The molecule has 1 unspecified atom stereocenters. The van der Waals surface area contributed by atoms with Gasteiger partial charge in [-0.25, -0.2) is 0 Å². The fraction of sp³-hybridized carbons (Fsp3) is 0.538. The molecule has 94 valence electrons. The summed E-state index contributed by atoms with van der Waals surface area (Å²) in [6, 6.07) is 6.12. The van der Waals surface area contributed by atoms with Gasteiger partial charge in [0.1, 0.15) is 5.75 Å². The van der Waals surface area contributed by atoms with Crippen molar-refractivity contribution >= 4 is 0 Å². The molecule has 2 rings (SSSR count). The van der Waals surface area contributed by atoms with Crippen LogP contribution >= 0.6 is 0 Å². The first-order chi connectivity index (χ1) is 8.22. The molecule has 0 spiro atoms. The third-order valence-corrected chi connectivity index (χ3v) is 3.18. The van der Waals surface area contributed by atoms with E-state index in [1.807, 2.05) is 6.07 Å². The topological polar surface area (TPSA) is 52.9 Å². The average molecular weight is 237 g/mol. The van der Waals surface area contributed by atoms with Gasteiger partial charge in [0.25, 0.3) is 0 Å². The van der Waals surface area contributed by atoms with Gasteiger partial charge in [0.05, 0.1) is 19.8 Å². The predicted octanol–water partition coefficient (Wildman–Crippen LogP) is 0.406. The van der Waals surface area contributed by atoms with Crippen molar-refractivity contribution in [1.82, 2.24) is 4.90 Å². The summed E-state index contributed by atoms with van der Waals surface area (Å²) in [6.07, 6.45) is 0.319. The highest BCUT2D eigenvalue weighted by atomic mass is 16.5. The largest absolute Gasteiger partial charge is 0.497 e. The molecular weight excluding hydrogens is 218 g/mol. The van der Waals surface area contributed by atoms with Gasteiger partial charge in [0.15, 0.2) is 0 Å². The first-order valence-electron chi connectivity index (χ1n) is 5.90. The number of benzene rings is 1. The number of β-amino-alcohol motifs (C(OH)–C–C–N with tert-alkyl or cyclic N) is 1. The Morgan fingerprint density at radius 1 is 1.41 bits per heavy atom. The molecule has 0 radical (unpaired) electrons. The highest BCUT2D eigenvalue weighted by molar-refractivity contribution is 5.37. The van der Waals surface area contributed by atoms with Crippen molar-refractivity contribution in [3.05, 3.63) is 29.3 Å². The van der Waals surface area contributed by atoms with Crippen LogP contribution in [0.25, 0.3) is 0 Å². The van der Waals surface area contributed by atoms with Crippen molar-refractivity contribution in [2.24, 2.45) is 0 Å². The van der Waals surface area contributed by atoms with Crippen LogP contribution < -0.4 is 4.74 Å². The predicted molar refractivity (Wildman–Crippen MR) is 65.1 cm³/mol. The SMILES string of the molecule is COc1ccc2c(c1)CCN(CC(O)CO)C2. The van der Waals surface area contributed by atoms with E-state index in [1.165, 1.54) is 11.1 Å². The minimum absolute atomic E-state index is 0.175. The lowest BCUT2D eigenvalue weighted by molar-refractivity contribution is 0.0551. The first kappa shape index (κ1) is 12.4. The van der Waals surface area contributed by atoms with E-state index in [9.17, 15) is 5.11 Å². The van der Waals surface area contributed by atoms with Gasteiger partial charge in [-0.05, 0) is 29.7 Å². The summed E-state index contributed by atoms with van der Waals surface area (Å²) in [5.74, 6) is 0.896. The van der Waals surface area contributed by atoms with Crippen molar-refractivity contribution in [3.8, 4) is 5.75 Å². The van der Waals surface area contributed by atoms with E-state index in [0.29, 0.717) is 6.54 Å². The Balaban J connectivity index is 2.04. The fourth-order valence-corrected chi connectivity index (χ4v) is 2.23. The molecule has 0 amide bonds. The normalized spacial score (nSPS) is 17.6. The highest BCUT2D eigenvalue weighted by Crippen LogP contribution is 2.23. The molecule has 0 bridgehead atoms. The van der Waals surface area contributed by atoms with Crippen LogP contribution in [0.5, 0.6) is 5.75 Å². The molecule has 0 saturated heterocycles. The molecule has 0 saturated carbocycles. The molecule has 2 N–H and O–H groups in total. The molecular formula is C13H19NO3. The second-order valence-electron chi connectivity index (χ2n) is 4.46. The zero-order chi connectivity index (χ0) is 12.3. The van der Waals surface area contributed by atoms with E-state index in [2.05, 4.69) is 17.0 Å². The van der Waals surface area contributed by atoms with Crippen LogP contribution in [0, 0.1) is 0 Å². The van der Waals surface area contributed by atoms with Crippen molar-refractivity contribution < 1.29 is 14.9 Å². The lowest BCUT2D eigenvalue weighted by Gasteiger charge is -2.30. The quantitative estimate of drug-likeness (QED) is 0.796. The average Bonchev–Trinajstić information content (AvgIpc) is 2.38. The Morgan fingerprint density at radius 3 is 2.94 bits per heavy atom. The van der Waals surface area contributed by atoms with Gasteiger partial charge in [0, 0.05) is 19.6 Å². The molecule has 4 nitrogen and oxygen atoms in total. The van der Waals surface area contributed by atoms with E-state index >= 15 is 0 Å². The number of aliphatic hydroxyl groups excluding tert-OH is 2. The Bertz CT molecular complexity index is 381. The van der Waals surface area contributed by atoms with Crippen LogP contribution in [0.4, 0.5) is 0 Å². The van der Waals surface area contributed by atoms with Crippen molar-refractivity contribution in [1.29, 1.82) is 0 Å². The van der Waals surface area contributed by atoms with Gasteiger partial charge in [-0.2, -0.15) is 0 Å². The summed E-state index contributed by atoms with van der Waals surface area (Å²) in [4.78, 5) is 2.16. The van der Waals surface area contributed by atoms with Gasteiger partial charge >= 0.3 is 0 Å². The van der Waals surface area contributed by atoms with Gasteiger partial charge in [-0.15, -0.1) is 0 Å². The standard InChI is InChI=1S/C13H19NO3/c1-17-13-3-2-11-7-14(8-12(16)9-15)5-4-10(11)6-13/h2-3,6,12,15-16H,4-5,7-9H2,1H3. The maximum absolute atomic E-state index is 9.43. The van der Waals surface area contributed by atoms with Crippen LogP contribution in [0.1, 0.15) is 11.1 Å². The lowest BCUT2D eigenvalue weighted by Crippen LogP contribution is -2.37. The molecule has 17 heavy (non-hydrogen) atoms. The number of hydrogen-bond acceptors (Lipinski definition) is 4. The molecule has 0 aliphatic carbocycles. The smallest absolute Gasteiger partial charge is 0.119 e. The number of rotatable bonds is 4. The Labute approximate surface area is 101 Å². The lowest BCUT2D eigenvalue weighted by atomic mass is 9.99. The van der Waals surface area contributed by atoms with Crippen LogP contribution in [0.15, 0.2) is 18.2 Å². The molecule has 1 aliphatic heterocycles. The minimum atomic E-state index is -0.644. The van der Waals surface area contributed by atoms with E-state index < -0.39 is 6.10 Å². The summed E-state index contributed by atoms with van der Waals surface area (Å²) < 4.78 is 5.20. The summed E-state index contributed by atoms with van der Waals surface area (Å²) in [5, 5.41) is 18.3. The number of aliphatic hydroxyl groups is 2. The second kappa shape index (κ2) is 5.49. The summed E-state index contributed by atoms with van der Waals surface area (Å²) >= 11 is 0. The number of methoxy groups -OCH3 is 1. The first-order valence-corrected chi connectivity index (χ1v) is 5.90. The van der Waals surface area contributed by atoms with E-state index in [-0.39, 0.29) is 6.61 Å². The molecule has 1 aromatic rings. The van der Waals surface area contributed by atoms with Crippen LogP contribution in [0.2, 0.25) is 0 Å². The van der Waals surface area contributed by atoms with Crippen molar-refractivity contribution in [2.45, 2.75) is 19.1 Å². The van der Waals surface area contributed by atoms with Gasteiger partial charge < -0.3 is 14.9 Å². The van der Waals surface area contributed by atoms with Crippen molar-refractivity contribution in [2.75, 3.05) is 26.8 Å². The van der Waals surface area contributed by atoms with Crippen molar-refractivity contribution in [3.63, 3.8) is 0 Å². The monoisotopic (exact) mass is 237 g/mol.